The third-order valence-electron chi connectivity index (χ3n) is 4.92. The van der Waals surface area contributed by atoms with Crippen LogP contribution in [0.15, 0.2) is 67.0 Å². The molecule has 0 saturated heterocycles. The molecule has 4 heteroatoms. The summed E-state index contributed by atoms with van der Waals surface area (Å²) in [5.41, 5.74) is 6.22. The lowest BCUT2D eigenvalue weighted by Crippen LogP contribution is -2.14. The quantitative estimate of drug-likeness (QED) is 0.547. The third kappa shape index (κ3) is 3.20. The Labute approximate surface area is 158 Å². The number of fused-ring (bicyclic) bond motifs is 1. The maximum Gasteiger partial charge on any atom is 0.137 e. The molecule has 4 nitrogen and oxygen atoms in total. The van der Waals surface area contributed by atoms with Gasteiger partial charge in [-0.2, -0.15) is 0 Å². The average Bonchev–Trinajstić information content (AvgIpc) is 3.04. The van der Waals surface area contributed by atoms with Crippen molar-refractivity contribution < 1.29 is 10.2 Å². The molecule has 4 rings (SSSR count). The number of phenolic OH excluding ortho intramolecular Hbond substituents is 1. The number of hydrogen-bond acceptors (Lipinski definition) is 3. The van der Waals surface area contributed by atoms with E-state index >= 15 is 0 Å². The van der Waals surface area contributed by atoms with E-state index in [9.17, 15) is 10.2 Å². The highest BCUT2D eigenvalue weighted by Crippen LogP contribution is 2.30. The van der Waals surface area contributed by atoms with Crippen molar-refractivity contribution in [2.45, 2.75) is 26.4 Å². The Balaban J connectivity index is 1.83. The molecule has 136 valence electrons. The van der Waals surface area contributed by atoms with E-state index in [1.54, 1.807) is 26.0 Å². The molecule has 2 N–H and O–H groups in total. The average molecular weight is 358 g/mol. The molecule has 0 radical (unpaired) electrons. The number of benzene rings is 2. The molecule has 0 bridgehead atoms. The monoisotopic (exact) mass is 358 g/mol. The highest BCUT2D eigenvalue weighted by atomic mass is 16.3. The van der Waals surface area contributed by atoms with Crippen LogP contribution in [0.25, 0.3) is 28.0 Å². The van der Waals surface area contributed by atoms with Crippen LogP contribution in [0.1, 0.15) is 25.0 Å². The van der Waals surface area contributed by atoms with Crippen molar-refractivity contribution in [2.24, 2.45) is 0 Å². The normalized spacial score (nSPS) is 11.9. The molecule has 0 fully saturated rings. The molecule has 0 saturated carbocycles. The Kier molecular flexibility index (Phi) is 4.01. The van der Waals surface area contributed by atoms with Gasteiger partial charge in [0, 0.05) is 17.3 Å². The van der Waals surface area contributed by atoms with Gasteiger partial charge in [0.25, 0.3) is 0 Å². The van der Waals surface area contributed by atoms with Crippen molar-refractivity contribution in [2.75, 3.05) is 0 Å². The Hall–Kier alpha value is -3.11. The van der Waals surface area contributed by atoms with Crippen LogP contribution in [-0.2, 0) is 5.60 Å². The molecule has 0 amide bonds. The molecule has 27 heavy (non-hydrogen) atoms. The first-order valence-corrected chi connectivity index (χ1v) is 8.93. The summed E-state index contributed by atoms with van der Waals surface area (Å²) in [4.78, 5) is 4.53. The first-order valence-electron chi connectivity index (χ1n) is 8.93. The number of aromatic hydroxyl groups is 1. The van der Waals surface area contributed by atoms with Crippen molar-refractivity contribution >= 4 is 5.65 Å². The van der Waals surface area contributed by atoms with Crippen molar-refractivity contribution in [1.29, 1.82) is 0 Å². The molecule has 0 aliphatic rings. The van der Waals surface area contributed by atoms with Gasteiger partial charge in [-0.1, -0.05) is 24.3 Å². The third-order valence-corrected chi connectivity index (χ3v) is 4.92. The minimum absolute atomic E-state index is 0.246. The summed E-state index contributed by atoms with van der Waals surface area (Å²) in [6.45, 7) is 5.65. The lowest BCUT2D eigenvalue weighted by Gasteiger charge is -2.18. The van der Waals surface area contributed by atoms with Gasteiger partial charge in [-0.25, -0.2) is 4.98 Å². The molecule has 0 unspecified atom stereocenters. The van der Waals surface area contributed by atoms with Gasteiger partial charge in [0.2, 0.25) is 0 Å². The summed E-state index contributed by atoms with van der Waals surface area (Å²) < 4.78 is 2.07. The van der Waals surface area contributed by atoms with Crippen molar-refractivity contribution in [3.05, 3.63) is 78.1 Å². The number of phenols is 1. The molecule has 0 atom stereocenters. The molecule has 2 aromatic carbocycles. The maximum absolute atomic E-state index is 10.2. The second-order valence-corrected chi connectivity index (χ2v) is 7.43. The van der Waals surface area contributed by atoms with Gasteiger partial charge in [-0.3, -0.25) is 4.40 Å². The fourth-order valence-electron chi connectivity index (χ4n) is 3.33. The minimum atomic E-state index is -0.853. The minimum Gasteiger partial charge on any atom is -0.508 e. The van der Waals surface area contributed by atoms with Crippen LogP contribution in [0, 0.1) is 6.92 Å². The number of imidazole rings is 1. The van der Waals surface area contributed by atoms with Gasteiger partial charge in [0.05, 0.1) is 17.5 Å². The van der Waals surface area contributed by atoms with Crippen LogP contribution in [0.4, 0.5) is 0 Å². The molecular formula is C23H22N2O2. The fraction of sp³-hybridized carbons (Fsp3) is 0.174. The first-order chi connectivity index (χ1) is 12.8. The van der Waals surface area contributed by atoms with Crippen LogP contribution < -0.4 is 0 Å². The molecule has 0 spiro atoms. The predicted octanol–water partition coefficient (Wildman–Crippen LogP) is 4.91. The summed E-state index contributed by atoms with van der Waals surface area (Å²) in [5.74, 6) is 0.246. The van der Waals surface area contributed by atoms with Crippen LogP contribution in [0.2, 0.25) is 0 Å². The van der Waals surface area contributed by atoms with Gasteiger partial charge in [0.15, 0.2) is 0 Å². The summed E-state index contributed by atoms with van der Waals surface area (Å²) in [6.07, 6.45) is 3.95. The molecule has 0 aliphatic heterocycles. The molecule has 2 aromatic heterocycles. The van der Waals surface area contributed by atoms with E-state index in [1.807, 2.05) is 42.6 Å². The zero-order valence-corrected chi connectivity index (χ0v) is 15.6. The SMILES string of the molecule is Cc1cc2ncc(-c3ccc(O)cc3)n2cc1-c1ccc(C(C)(C)O)cc1. The Morgan fingerprint density at radius 3 is 2.19 bits per heavy atom. The smallest absolute Gasteiger partial charge is 0.137 e. The van der Waals surface area contributed by atoms with E-state index < -0.39 is 5.60 Å². The fourth-order valence-corrected chi connectivity index (χ4v) is 3.33. The number of hydrogen-bond donors (Lipinski definition) is 2. The number of nitrogens with zero attached hydrogens (tertiary/aromatic N) is 2. The van der Waals surface area contributed by atoms with Crippen molar-refractivity contribution in [1.82, 2.24) is 9.38 Å². The summed E-state index contributed by atoms with van der Waals surface area (Å²) >= 11 is 0. The second-order valence-electron chi connectivity index (χ2n) is 7.43. The number of aryl methyl sites for hydroxylation is 1. The summed E-state index contributed by atoms with van der Waals surface area (Å²) in [6, 6.07) is 17.2. The second kappa shape index (κ2) is 6.25. The zero-order chi connectivity index (χ0) is 19.2. The predicted molar refractivity (Wildman–Crippen MR) is 108 cm³/mol. The van der Waals surface area contributed by atoms with Crippen LogP contribution in [-0.4, -0.2) is 19.6 Å². The highest BCUT2D eigenvalue weighted by molar-refractivity contribution is 5.72. The number of aromatic nitrogens is 2. The van der Waals surface area contributed by atoms with Gasteiger partial charge >= 0.3 is 0 Å². The highest BCUT2D eigenvalue weighted by Gasteiger charge is 2.16. The van der Waals surface area contributed by atoms with Gasteiger partial charge < -0.3 is 10.2 Å². The summed E-state index contributed by atoms with van der Waals surface area (Å²) in [7, 11) is 0. The van der Waals surface area contributed by atoms with Gasteiger partial charge in [0.1, 0.15) is 11.4 Å². The number of aliphatic hydroxyl groups is 1. The lowest BCUT2D eigenvalue weighted by molar-refractivity contribution is 0.0786. The Morgan fingerprint density at radius 1 is 0.926 bits per heavy atom. The van der Waals surface area contributed by atoms with Crippen molar-refractivity contribution in [3.8, 4) is 28.1 Å². The topological polar surface area (TPSA) is 57.8 Å². The van der Waals surface area contributed by atoms with E-state index in [2.05, 4.69) is 28.6 Å². The molecular weight excluding hydrogens is 336 g/mol. The van der Waals surface area contributed by atoms with Crippen LogP contribution in [0.3, 0.4) is 0 Å². The van der Waals surface area contributed by atoms with E-state index in [-0.39, 0.29) is 5.75 Å². The maximum atomic E-state index is 10.2. The van der Waals surface area contributed by atoms with E-state index in [4.69, 9.17) is 0 Å². The summed E-state index contributed by atoms with van der Waals surface area (Å²) in [5, 5.41) is 19.7. The van der Waals surface area contributed by atoms with E-state index in [0.717, 1.165) is 39.2 Å². The zero-order valence-electron chi connectivity index (χ0n) is 15.6. The Bertz CT molecular complexity index is 1100. The van der Waals surface area contributed by atoms with Crippen LogP contribution >= 0.6 is 0 Å². The molecule has 0 aliphatic carbocycles. The standard InChI is InChI=1S/C23H22N2O2/c1-15-12-22-24-13-21(17-6-10-19(26)11-7-17)25(22)14-20(15)16-4-8-18(9-5-16)23(2,3)27/h4-14,26-27H,1-3H3. The first kappa shape index (κ1) is 17.3. The number of pyridine rings is 1. The lowest BCUT2D eigenvalue weighted by atomic mass is 9.95. The molecule has 4 aromatic rings. The Morgan fingerprint density at radius 2 is 1.56 bits per heavy atom. The van der Waals surface area contributed by atoms with Crippen LogP contribution in [0.5, 0.6) is 5.75 Å². The molecule has 2 heterocycles. The number of rotatable bonds is 3. The van der Waals surface area contributed by atoms with E-state index in [1.165, 1.54) is 0 Å². The van der Waals surface area contributed by atoms with E-state index in [0.29, 0.717) is 0 Å². The van der Waals surface area contributed by atoms with Crippen molar-refractivity contribution in [3.63, 3.8) is 0 Å². The van der Waals surface area contributed by atoms with Gasteiger partial charge in [-0.05, 0) is 67.8 Å². The van der Waals surface area contributed by atoms with Gasteiger partial charge in [-0.15, -0.1) is 0 Å². The largest absolute Gasteiger partial charge is 0.508 e.